The molecule has 45 heavy (non-hydrogen) atoms. The number of nitrogens with two attached hydrogens (primary N) is 1. The van der Waals surface area contributed by atoms with Crippen molar-refractivity contribution < 1.29 is 45.7 Å². The molecule has 0 saturated heterocycles. The van der Waals surface area contributed by atoms with Gasteiger partial charge in [-0.3, -0.25) is 9.40 Å². The molecular formula is C29H28F3N5O7S. The Morgan fingerprint density at radius 1 is 1.16 bits per heavy atom. The fourth-order valence-electron chi connectivity index (χ4n) is 4.20. The van der Waals surface area contributed by atoms with E-state index >= 15 is 0 Å². The van der Waals surface area contributed by atoms with Gasteiger partial charge in [-0.25, -0.2) is 22.6 Å². The number of nitrogen functional groups attached to an aromatic ring is 1. The summed E-state index contributed by atoms with van der Waals surface area (Å²) in [5.74, 6) is 0.567. The van der Waals surface area contributed by atoms with Crippen LogP contribution in [0, 0.1) is 17.7 Å². The standard InChI is InChI=1S/C29H28F3N5O7S/c1-17(18-5-8-21(30)9-6-18)44-23-14-19(7-10-22(23)36-45(40,41)29(31)32)26-25-27(37(2)35-26)20(15-34-28(25)33)4-3-11-42-12-13-43-16-24(38)39/h5-10,14-15,17,29,36H,11-13,16H2,1-2H3,(H2,33,34)(H,38,39)/t17-/m0/s1. The quantitative estimate of drug-likeness (QED) is 0.143. The van der Waals surface area contributed by atoms with Crippen LogP contribution in [-0.4, -0.2) is 66.4 Å². The molecule has 0 unspecified atom stereocenters. The van der Waals surface area contributed by atoms with E-state index in [2.05, 4.69) is 21.9 Å². The maximum absolute atomic E-state index is 13.5. The van der Waals surface area contributed by atoms with Crippen LogP contribution >= 0.6 is 0 Å². The van der Waals surface area contributed by atoms with Gasteiger partial charge in [0.15, 0.2) is 0 Å². The minimum Gasteiger partial charge on any atom is -0.484 e. The van der Waals surface area contributed by atoms with E-state index in [0.29, 0.717) is 33.3 Å². The maximum atomic E-state index is 13.5. The van der Waals surface area contributed by atoms with Gasteiger partial charge in [0, 0.05) is 18.8 Å². The highest BCUT2D eigenvalue weighted by Crippen LogP contribution is 2.38. The van der Waals surface area contributed by atoms with Crippen LogP contribution in [0.2, 0.25) is 0 Å². The smallest absolute Gasteiger partial charge is 0.355 e. The molecule has 4 aromatic rings. The Hall–Kier alpha value is -4.85. The van der Waals surface area contributed by atoms with Gasteiger partial charge in [0.25, 0.3) is 10.0 Å². The zero-order valence-electron chi connectivity index (χ0n) is 24.0. The summed E-state index contributed by atoms with van der Waals surface area (Å²) in [5.41, 5.74) is 8.25. The number of carbonyl (C=O) groups is 1. The molecule has 4 rings (SSSR count). The van der Waals surface area contributed by atoms with Crippen LogP contribution in [0.4, 0.5) is 24.7 Å². The van der Waals surface area contributed by atoms with Crippen molar-refractivity contribution in [3.63, 3.8) is 0 Å². The highest BCUT2D eigenvalue weighted by Gasteiger charge is 2.26. The van der Waals surface area contributed by atoms with E-state index in [4.69, 9.17) is 25.1 Å². The van der Waals surface area contributed by atoms with E-state index in [-0.39, 0.29) is 37.1 Å². The van der Waals surface area contributed by atoms with Crippen LogP contribution in [-0.2, 0) is 31.3 Å². The van der Waals surface area contributed by atoms with Crippen LogP contribution < -0.4 is 15.2 Å². The molecule has 12 nitrogen and oxygen atoms in total. The molecule has 0 bridgehead atoms. The van der Waals surface area contributed by atoms with Crippen molar-refractivity contribution in [2.75, 3.05) is 36.9 Å². The van der Waals surface area contributed by atoms with Gasteiger partial charge in [-0.1, -0.05) is 30.0 Å². The Bertz CT molecular complexity index is 1860. The molecule has 0 aliphatic carbocycles. The van der Waals surface area contributed by atoms with E-state index in [1.54, 1.807) is 14.0 Å². The van der Waals surface area contributed by atoms with Crippen molar-refractivity contribution in [2.45, 2.75) is 18.8 Å². The number of hydrogen-bond donors (Lipinski definition) is 3. The number of nitrogens with one attached hydrogen (secondary N) is 1. The monoisotopic (exact) mass is 647 g/mol. The Kier molecular flexibility index (Phi) is 10.5. The third-order valence-electron chi connectivity index (χ3n) is 6.27. The van der Waals surface area contributed by atoms with Gasteiger partial charge in [0.2, 0.25) is 0 Å². The van der Waals surface area contributed by atoms with Crippen LogP contribution in [0.15, 0.2) is 48.7 Å². The van der Waals surface area contributed by atoms with Crippen molar-refractivity contribution in [1.29, 1.82) is 0 Å². The maximum Gasteiger partial charge on any atom is 0.355 e. The number of carboxylic acid groups (broad SMARTS) is 1. The summed E-state index contributed by atoms with van der Waals surface area (Å²) >= 11 is 0. The number of hydrogen-bond acceptors (Lipinski definition) is 9. The molecule has 0 fully saturated rings. The second kappa shape index (κ2) is 14.3. The average molecular weight is 648 g/mol. The highest BCUT2D eigenvalue weighted by molar-refractivity contribution is 7.93. The molecule has 2 aromatic heterocycles. The number of aliphatic carboxylic acids is 1. The molecule has 0 spiro atoms. The number of sulfonamides is 1. The Morgan fingerprint density at radius 3 is 2.56 bits per heavy atom. The van der Waals surface area contributed by atoms with Gasteiger partial charge in [0.1, 0.15) is 42.4 Å². The normalized spacial score (nSPS) is 12.1. The third-order valence-corrected chi connectivity index (χ3v) is 7.24. The minimum absolute atomic E-state index is 0.0237. The molecule has 0 amide bonds. The fourth-order valence-corrected chi connectivity index (χ4v) is 4.77. The van der Waals surface area contributed by atoms with Gasteiger partial charge in [-0.15, -0.1) is 0 Å². The lowest BCUT2D eigenvalue weighted by Gasteiger charge is -2.19. The first-order valence-electron chi connectivity index (χ1n) is 13.2. The number of pyridine rings is 1. The van der Waals surface area contributed by atoms with Crippen molar-refractivity contribution in [1.82, 2.24) is 14.8 Å². The molecular weight excluding hydrogens is 619 g/mol. The molecule has 0 saturated carbocycles. The van der Waals surface area contributed by atoms with Gasteiger partial charge < -0.3 is 25.1 Å². The number of fused-ring (bicyclic) bond motifs is 1. The van der Waals surface area contributed by atoms with Crippen molar-refractivity contribution in [3.8, 4) is 28.8 Å². The number of carboxylic acids is 1. The first-order chi connectivity index (χ1) is 21.4. The first kappa shape index (κ1) is 33.1. The molecule has 1 atom stereocenters. The molecule has 2 aromatic carbocycles. The zero-order valence-corrected chi connectivity index (χ0v) is 24.8. The van der Waals surface area contributed by atoms with Gasteiger partial charge in [-0.2, -0.15) is 13.9 Å². The van der Waals surface area contributed by atoms with E-state index in [1.807, 2.05) is 4.72 Å². The summed E-state index contributed by atoms with van der Waals surface area (Å²) in [5, 5.41) is 13.6. The Morgan fingerprint density at radius 2 is 1.87 bits per heavy atom. The van der Waals surface area contributed by atoms with Crippen LogP contribution in [0.3, 0.4) is 0 Å². The fraction of sp³-hybridized carbons (Fsp3) is 0.276. The summed E-state index contributed by atoms with van der Waals surface area (Å²) in [7, 11) is -3.38. The molecule has 16 heteroatoms. The SMILES string of the molecule is C[C@H](Oc1cc(-c2nn(C)c3c(C#CCOCCOCC(=O)O)cnc(N)c23)ccc1NS(=O)(=O)C(F)F)c1ccc(F)cc1. The van der Waals surface area contributed by atoms with E-state index < -0.39 is 40.3 Å². The second-order valence-corrected chi connectivity index (χ2v) is 11.1. The molecule has 2 heterocycles. The van der Waals surface area contributed by atoms with Gasteiger partial charge >= 0.3 is 11.7 Å². The van der Waals surface area contributed by atoms with Crippen LogP contribution in [0.1, 0.15) is 24.2 Å². The predicted octanol–water partition coefficient (Wildman–Crippen LogP) is 3.93. The number of aromatic nitrogens is 3. The summed E-state index contributed by atoms with van der Waals surface area (Å²) < 4.78 is 83.5. The first-order valence-corrected chi connectivity index (χ1v) is 14.8. The molecule has 0 aliphatic rings. The third kappa shape index (κ3) is 8.20. The number of halogens is 3. The predicted molar refractivity (Wildman–Crippen MR) is 158 cm³/mol. The lowest BCUT2D eigenvalue weighted by Crippen LogP contribution is -2.21. The number of alkyl halides is 2. The number of nitrogens with zero attached hydrogens (tertiary/aromatic N) is 3. The second-order valence-electron chi connectivity index (χ2n) is 9.48. The minimum atomic E-state index is -5.04. The largest absolute Gasteiger partial charge is 0.484 e. The van der Waals surface area contributed by atoms with Crippen molar-refractivity contribution in [2.24, 2.45) is 7.05 Å². The average Bonchev–Trinajstić information content (AvgIpc) is 3.34. The molecule has 238 valence electrons. The van der Waals surface area contributed by atoms with Crippen LogP contribution in [0.25, 0.3) is 22.2 Å². The van der Waals surface area contributed by atoms with Crippen molar-refractivity contribution in [3.05, 3.63) is 65.6 Å². The lowest BCUT2D eigenvalue weighted by atomic mass is 10.1. The highest BCUT2D eigenvalue weighted by atomic mass is 32.2. The number of benzene rings is 2. The van der Waals surface area contributed by atoms with E-state index in [0.717, 1.165) is 0 Å². The number of rotatable bonds is 13. The Labute approximate surface area is 256 Å². The summed E-state index contributed by atoms with van der Waals surface area (Å²) in [4.78, 5) is 14.7. The zero-order chi connectivity index (χ0) is 32.7. The summed E-state index contributed by atoms with van der Waals surface area (Å²) in [6, 6.07) is 9.55. The summed E-state index contributed by atoms with van der Waals surface area (Å²) in [6.45, 7) is 1.45. The molecule has 4 N–H and O–H groups in total. The van der Waals surface area contributed by atoms with Crippen molar-refractivity contribution >= 4 is 38.4 Å². The summed E-state index contributed by atoms with van der Waals surface area (Å²) in [6.07, 6.45) is 0.725. The Balaban J connectivity index is 1.68. The lowest BCUT2D eigenvalue weighted by molar-refractivity contribution is -0.142. The molecule has 0 aliphatic heterocycles. The van der Waals surface area contributed by atoms with E-state index in [9.17, 15) is 26.4 Å². The number of anilines is 2. The topological polar surface area (TPSA) is 168 Å². The number of aryl methyl sites for hydroxylation is 1. The van der Waals surface area contributed by atoms with Gasteiger partial charge in [0.05, 0.1) is 35.4 Å². The van der Waals surface area contributed by atoms with E-state index in [1.165, 1.54) is 53.3 Å². The molecule has 0 radical (unpaired) electrons. The van der Waals surface area contributed by atoms with Crippen LogP contribution in [0.5, 0.6) is 5.75 Å². The van der Waals surface area contributed by atoms with Gasteiger partial charge in [-0.05, 0) is 36.8 Å². The number of ether oxygens (including phenoxy) is 3.